The van der Waals surface area contributed by atoms with Crippen molar-refractivity contribution in [3.05, 3.63) is 51.7 Å². The van der Waals surface area contributed by atoms with E-state index >= 15 is 0 Å². The molecule has 28 heavy (non-hydrogen) atoms. The van der Waals surface area contributed by atoms with Gasteiger partial charge in [-0.05, 0) is 67.9 Å². The van der Waals surface area contributed by atoms with Crippen LogP contribution in [0.3, 0.4) is 0 Å². The molecule has 4 rings (SSSR count). The summed E-state index contributed by atoms with van der Waals surface area (Å²) in [5.74, 6) is 0.211. The maximum Gasteiger partial charge on any atom is 0.270 e. The third-order valence-electron chi connectivity index (χ3n) is 4.82. The normalized spacial score (nSPS) is 18.9. The van der Waals surface area contributed by atoms with Crippen molar-refractivity contribution in [3.63, 3.8) is 0 Å². The first kappa shape index (κ1) is 18.9. The van der Waals surface area contributed by atoms with Crippen molar-refractivity contribution in [3.8, 4) is 0 Å². The standard InChI is InChI=1S/C20H18BrN3O3S/c1-12-10-13(21)4-6-16(12)24-19(26)15(18(25)22-20(24)28)11-14-5-7-17(27-14)23-8-2-3-9-23/h4-7,10-11H,2-3,8-9H2,1H3,(H,22,25,28)/b15-11+. The summed E-state index contributed by atoms with van der Waals surface area (Å²) in [6.45, 7) is 3.78. The third-order valence-corrected chi connectivity index (χ3v) is 5.60. The van der Waals surface area contributed by atoms with E-state index in [-0.39, 0.29) is 10.7 Å². The maximum atomic E-state index is 13.1. The predicted molar refractivity (Wildman–Crippen MR) is 115 cm³/mol. The number of carbonyl (C=O) groups is 2. The summed E-state index contributed by atoms with van der Waals surface area (Å²) in [6.07, 6.45) is 3.74. The van der Waals surface area contributed by atoms with Gasteiger partial charge < -0.3 is 9.32 Å². The molecule has 6 nitrogen and oxygen atoms in total. The second kappa shape index (κ2) is 7.52. The quantitative estimate of drug-likeness (QED) is 0.429. The Kier molecular flexibility index (Phi) is 5.07. The summed E-state index contributed by atoms with van der Waals surface area (Å²) in [4.78, 5) is 29.0. The Morgan fingerprint density at radius 3 is 2.64 bits per heavy atom. The molecule has 0 atom stereocenters. The first-order valence-corrected chi connectivity index (χ1v) is 10.2. The van der Waals surface area contributed by atoms with Crippen LogP contribution in [0.1, 0.15) is 24.2 Å². The van der Waals surface area contributed by atoms with Crippen molar-refractivity contribution in [1.82, 2.24) is 5.32 Å². The monoisotopic (exact) mass is 459 g/mol. The number of hydrogen-bond acceptors (Lipinski definition) is 5. The van der Waals surface area contributed by atoms with Gasteiger partial charge in [0.25, 0.3) is 11.8 Å². The first-order chi connectivity index (χ1) is 13.4. The molecule has 1 aromatic heterocycles. The molecule has 2 fully saturated rings. The number of benzene rings is 1. The fourth-order valence-electron chi connectivity index (χ4n) is 3.42. The van der Waals surface area contributed by atoms with Crippen molar-refractivity contribution in [1.29, 1.82) is 0 Å². The minimum absolute atomic E-state index is 0.0155. The number of carbonyl (C=O) groups excluding carboxylic acids is 2. The number of rotatable bonds is 3. The second-order valence-corrected chi connectivity index (χ2v) is 8.06. The van der Waals surface area contributed by atoms with Crippen LogP contribution in [0.2, 0.25) is 0 Å². The minimum Gasteiger partial charge on any atom is -0.441 e. The Hall–Kier alpha value is -2.45. The van der Waals surface area contributed by atoms with Crippen LogP contribution in [0.25, 0.3) is 6.08 Å². The highest BCUT2D eigenvalue weighted by Gasteiger charge is 2.35. The molecule has 0 unspecified atom stereocenters. The molecule has 2 aliphatic heterocycles. The van der Waals surface area contributed by atoms with E-state index in [4.69, 9.17) is 16.6 Å². The van der Waals surface area contributed by atoms with Crippen LogP contribution in [-0.2, 0) is 9.59 Å². The Morgan fingerprint density at radius 2 is 1.93 bits per heavy atom. The van der Waals surface area contributed by atoms with Gasteiger partial charge in [-0.3, -0.25) is 19.8 Å². The van der Waals surface area contributed by atoms with Crippen LogP contribution in [0.4, 0.5) is 11.6 Å². The zero-order valence-electron chi connectivity index (χ0n) is 15.2. The van der Waals surface area contributed by atoms with E-state index in [9.17, 15) is 9.59 Å². The van der Waals surface area contributed by atoms with Gasteiger partial charge in [0.15, 0.2) is 11.0 Å². The molecule has 144 valence electrons. The molecule has 3 heterocycles. The molecular formula is C20H18BrN3O3S. The van der Waals surface area contributed by atoms with E-state index in [0.29, 0.717) is 11.4 Å². The van der Waals surface area contributed by atoms with Crippen LogP contribution < -0.4 is 15.1 Å². The van der Waals surface area contributed by atoms with E-state index in [1.807, 2.05) is 25.1 Å². The number of thiocarbonyl (C=S) groups is 1. The first-order valence-electron chi connectivity index (χ1n) is 8.96. The van der Waals surface area contributed by atoms with Gasteiger partial charge in [-0.1, -0.05) is 15.9 Å². The number of amides is 2. The van der Waals surface area contributed by atoms with Gasteiger partial charge in [0.1, 0.15) is 11.3 Å². The minimum atomic E-state index is -0.528. The number of halogens is 1. The summed E-state index contributed by atoms with van der Waals surface area (Å²) in [5, 5.41) is 2.66. The largest absolute Gasteiger partial charge is 0.441 e. The summed E-state index contributed by atoms with van der Waals surface area (Å²) in [6, 6.07) is 9.14. The van der Waals surface area contributed by atoms with Gasteiger partial charge >= 0.3 is 0 Å². The van der Waals surface area contributed by atoms with E-state index < -0.39 is 11.8 Å². The summed E-state index contributed by atoms with van der Waals surface area (Å²) in [7, 11) is 0. The van der Waals surface area contributed by atoms with Crippen LogP contribution in [-0.4, -0.2) is 30.0 Å². The van der Waals surface area contributed by atoms with Gasteiger partial charge in [0.05, 0.1) is 5.69 Å². The van der Waals surface area contributed by atoms with Crippen molar-refractivity contribution < 1.29 is 14.0 Å². The highest BCUT2D eigenvalue weighted by molar-refractivity contribution is 9.10. The predicted octanol–water partition coefficient (Wildman–Crippen LogP) is 3.78. The summed E-state index contributed by atoms with van der Waals surface area (Å²) < 4.78 is 6.73. The van der Waals surface area contributed by atoms with Gasteiger partial charge in [-0.25, -0.2) is 0 Å². The molecule has 2 aliphatic rings. The van der Waals surface area contributed by atoms with E-state index in [1.54, 1.807) is 12.1 Å². The molecule has 0 aliphatic carbocycles. The van der Waals surface area contributed by atoms with Gasteiger partial charge in [-0.15, -0.1) is 0 Å². The topological polar surface area (TPSA) is 65.8 Å². The molecule has 8 heteroatoms. The molecule has 1 aromatic carbocycles. The number of furan rings is 1. The lowest BCUT2D eigenvalue weighted by molar-refractivity contribution is -0.122. The molecule has 0 saturated carbocycles. The van der Waals surface area contributed by atoms with Crippen LogP contribution >= 0.6 is 28.1 Å². The Labute approximate surface area is 176 Å². The summed E-state index contributed by atoms with van der Waals surface area (Å²) >= 11 is 8.67. The Morgan fingerprint density at radius 1 is 1.18 bits per heavy atom. The fraction of sp³-hybridized carbons (Fsp3) is 0.250. The van der Waals surface area contributed by atoms with Gasteiger partial charge in [0.2, 0.25) is 0 Å². The van der Waals surface area contributed by atoms with Gasteiger partial charge in [0, 0.05) is 23.6 Å². The molecular weight excluding hydrogens is 442 g/mol. The van der Waals surface area contributed by atoms with Crippen molar-refractivity contribution >= 4 is 62.7 Å². The van der Waals surface area contributed by atoms with E-state index in [0.717, 1.165) is 41.9 Å². The number of hydrogen-bond donors (Lipinski definition) is 1. The molecule has 0 radical (unpaired) electrons. The highest BCUT2D eigenvalue weighted by atomic mass is 79.9. The molecule has 1 N–H and O–H groups in total. The highest BCUT2D eigenvalue weighted by Crippen LogP contribution is 2.29. The average Bonchev–Trinajstić information content (AvgIpc) is 3.31. The molecule has 2 amide bonds. The zero-order valence-corrected chi connectivity index (χ0v) is 17.6. The van der Waals surface area contributed by atoms with E-state index in [2.05, 4.69) is 26.1 Å². The van der Waals surface area contributed by atoms with E-state index in [1.165, 1.54) is 11.0 Å². The zero-order chi connectivity index (χ0) is 19.8. The third kappa shape index (κ3) is 3.49. The van der Waals surface area contributed by atoms with Crippen molar-refractivity contribution in [2.75, 3.05) is 22.9 Å². The van der Waals surface area contributed by atoms with Crippen LogP contribution in [0.15, 0.2) is 44.8 Å². The van der Waals surface area contributed by atoms with Crippen molar-refractivity contribution in [2.45, 2.75) is 19.8 Å². The molecule has 2 aromatic rings. The molecule has 0 bridgehead atoms. The van der Waals surface area contributed by atoms with Gasteiger partial charge in [-0.2, -0.15) is 0 Å². The Balaban J connectivity index is 1.66. The number of aryl methyl sites for hydroxylation is 1. The smallest absolute Gasteiger partial charge is 0.270 e. The Bertz CT molecular complexity index is 1010. The van der Waals surface area contributed by atoms with Crippen molar-refractivity contribution in [2.24, 2.45) is 0 Å². The average molecular weight is 460 g/mol. The molecule has 2 saturated heterocycles. The number of nitrogens with zero attached hydrogens (tertiary/aromatic N) is 2. The lowest BCUT2D eigenvalue weighted by atomic mass is 10.1. The molecule has 0 spiro atoms. The maximum absolute atomic E-state index is 13.1. The SMILES string of the molecule is Cc1cc(Br)ccc1N1C(=O)/C(=C/c2ccc(N3CCCC3)o2)C(=O)NC1=S. The fourth-order valence-corrected chi connectivity index (χ4v) is 4.17. The number of anilines is 2. The second-order valence-electron chi connectivity index (χ2n) is 6.76. The number of nitrogens with one attached hydrogen (secondary N) is 1. The lowest BCUT2D eigenvalue weighted by Crippen LogP contribution is -2.54. The summed E-state index contributed by atoms with van der Waals surface area (Å²) in [5.41, 5.74) is 1.47. The van der Waals surface area contributed by atoms with Crippen LogP contribution in [0, 0.1) is 6.92 Å². The van der Waals surface area contributed by atoms with Crippen LogP contribution in [0.5, 0.6) is 0 Å². The lowest BCUT2D eigenvalue weighted by Gasteiger charge is -2.30.